The van der Waals surface area contributed by atoms with Crippen LogP contribution in [-0.2, 0) is 9.53 Å². The second kappa shape index (κ2) is 13.1. The summed E-state index contributed by atoms with van der Waals surface area (Å²) in [4.78, 5) is 12.2. The molecule has 0 aliphatic rings. The Morgan fingerprint density at radius 3 is 1.68 bits per heavy atom. The Hall–Kier alpha value is -0.360. The van der Waals surface area contributed by atoms with Gasteiger partial charge in [-0.2, -0.15) is 0 Å². The SMILES string of the molecule is C/C=C(\C[P+](CCCC)(CCCC)CCCC)C(=O)OCC. The van der Waals surface area contributed by atoms with Gasteiger partial charge in [0, 0.05) is 7.26 Å². The summed E-state index contributed by atoms with van der Waals surface area (Å²) in [7, 11) is -1.07. The molecule has 0 aromatic rings. The third-order valence-electron chi connectivity index (χ3n) is 4.35. The van der Waals surface area contributed by atoms with E-state index in [9.17, 15) is 4.79 Å². The maximum absolute atomic E-state index is 12.2. The molecule has 0 aromatic heterocycles. The maximum atomic E-state index is 12.2. The number of allylic oxidation sites excluding steroid dienone is 1. The molecule has 0 aliphatic carbocycles. The van der Waals surface area contributed by atoms with Gasteiger partial charge in [-0.05, 0) is 33.1 Å². The van der Waals surface area contributed by atoms with Crippen molar-refractivity contribution in [2.75, 3.05) is 31.3 Å². The average Bonchev–Trinajstić information content (AvgIpc) is 2.53. The van der Waals surface area contributed by atoms with Crippen molar-refractivity contribution in [1.29, 1.82) is 0 Å². The average molecular weight is 329 g/mol. The molecule has 0 N–H and O–H groups in total. The van der Waals surface area contributed by atoms with E-state index in [-0.39, 0.29) is 5.97 Å². The van der Waals surface area contributed by atoms with Gasteiger partial charge in [-0.1, -0.05) is 46.1 Å². The van der Waals surface area contributed by atoms with Gasteiger partial charge in [-0.25, -0.2) is 4.79 Å². The van der Waals surface area contributed by atoms with E-state index in [2.05, 4.69) is 20.8 Å². The van der Waals surface area contributed by atoms with Gasteiger partial charge in [0.1, 0.15) is 0 Å². The molecule has 0 fully saturated rings. The summed E-state index contributed by atoms with van der Waals surface area (Å²) < 4.78 is 5.26. The smallest absolute Gasteiger partial charge is 0.337 e. The van der Waals surface area contributed by atoms with Crippen LogP contribution in [0.15, 0.2) is 11.6 Å². The van der Waals surface area contributed by atoms with Crippen molar-refractivity contribution >= 4 is 13.2 Å². The number of ether oxygens (including phenoxy) is 1. The van der Waals surface area contributed by atoms with Gasteiger partial charge in [0.25, 0.3) is 0 Å². The largest absolute Gasteiger partial charge is 0.463 e. The standard InChI is InChI=1S/C19H38O2P/c1-6-11-14-22(15-12-7-2,16-13-8-3)17-18(9-4)19(20)21-10-5/h9H,6-8,10-17H2,1-5H3/q+1/b18-9+. The minimum atomic E-state index is -1.07. The van der Waals surface area contributed by atoms with Crippen LogP contribution in [0.1, 0.15) is 73.1 Å². The van der Waals surface area contributed by atoms with Crippen LogP contribution in [0.5, 0.6) is 0 Å². The van der Waals surface area contributed by atoms with Gasteiger partial charge in [-0.15, -0.1) is 0 Å². The van der Waals surface area contributed by atoms with Crippen molar-refractivity contribution < 1.29 is 9.53 Å². The van der Waals surface area contributed by atoms with Crippen molar-refractivity contribution in [2.24, 2.45) is 0 Å². The van der Waals surface area contributed by atoms with Crippen molar-refractivity contribution in [3.63, 3.8) is 0 Å². The summed E-state index contributed by atoms with van der Waals surface area (Å²) in [5, 5.41) is 0. The first-order valence-corrected chi connectivity index (χ1v) is 11.8. The van der Waals surface area contributed by atoms with E-state index in [1.165, 1.54) is 57.0 Å². The molecule has 0 bridgehead atoms. The first kappa shape index (κ1) is 21.6. The van der Waals surface area contributed by atoms with E-state index in [0.29, 0.717) is 6.61 Å². The number of hydrogen-bond donors (Lipinski definition) is 0. The summed E-state index contributed by atoms with van der Waals surface area (Å²) >= 11 is 0. The number of esters is 1. The van der Waals surface area contributed by atoms with Crippen LogP contribution >= 0.6 is 7.26 Å². The predicted octanol–water partition coefficient (Wildman–Crippen LogP) is 5.91. The zero-order valence-corrected chi connectivity index (χ0v) is 16.5. The Kier molecular flexibility index (Phi) is 12.9. The molecule has 0 aliphatic heterocycles. The molecule has 0 saturated heterocycles. The van der Waals surface area contributed by atoms with Gasteiger partial charge >= 0.3 is 5.97 Å². The Balaban J connectivity index is 5.15. The third kappa shape index (κ3) is 8.32. The molecule has 2 nitrogen and oxygen atoms in total. The number of unbranched alkanes of at least 4 members (excludes halogenated alkanes) is 3. The van der Waals surface area contributed by atoms with Crippen LogP contribution in [0.4, 0.5) is 0 Å². The lowest BCUT2D eigenvalue weighted by Crippen LogP contribution is -2.19. The molecule has 0 radical (unpaired) electrons. The lowest BCUT2D eigenvalue weighted by atomic mass is 10.3. The zero-order chi connectivity index (χ0) is 16.8. The van der Waals surface area contributed by atoms with E-state index >= 15 is 0 Å². The van der Waals surface area contributed by atoms with E-state index in [0.717, 1.165) is 11.7 Å². The van der Waals surface area contributed by atoms with Crippen LogP contribution in [-0.4, -0.2) is 37.2 Å². The number of carbonyl (C=O) groups is 1. The molecular formula is C19H38O2P+. The molecule has 0 aromatic carbocycles. The number of rotatable bonds is 13. The lowest BCUT2D eigenvalue weighted by molar-refractivity contribution is -0.138. The second-order valence-electron chi connectivity index (χ2n) is 6.27. The van der Waals surface area contributed by atoms with Gasteiger partial charge in [-0.3, -0.25) is 0 Å². The highest BCUT2D eigenvalue weighted by Crippen LogP contribution is 2.61. The molecule has 22 heavy (non-hydrogen) atoms. The third-order valence-corrected chi connectivity index (χ3v) is 9.16. The summed E-state index contributed by atoms with van der Waals surface area (Å²) in [6.45, 7) is 11.2. The lowest BCUT2D eigenvalue weighted by Gasteiger charge is -2.28. The first-order chi connectivity index (χ1) is 10.6. The monoisotopic (exact) mass is 329 g/mol. The fourth-order valence-electron chi connectivity index (χ4n) is 2.91. The molecule has 130 valence electrons. The van der Waals surface area contributed by atoms with Gasteiger partial charge in [0.2, 0.25) is 0 Å². The molecule has 0 unspecified atom stereocenters. The Bertz CT molecular complexity index is 302. The van der Waals surface area contributed by atoms with Crippen LogP contribution in [0, 0.1) is 0 Å². The highest BCUT2D eigenvalue weighted by molar-refractivity contribution is 7.76. The van der Waals surface area contributed by atoms with Gasteiger partial charge in [0.15, 0.2) is 0 Å². The molecule has 0 saturated carbocycles. The maximum Gasteiger partial charge on any atom is 0.337 e. The highest BCUT2D eigenvalue weighted by atomic mass is 31.2. The van der Waals surface area contributed by atoms with Gasteiger partial charge in [0.05, 0.1) is 36.8 Å². The molecule has 0 atom stereocenters. The van der Waals surface area contributed by atoms with Crippen molar-refractivity contribution in [2.45, 2.75) is 73.1 Å². The predicted molar refractivity (Wildman–Crippen MR) is 102 cm³/mol. The quantitative estimate of drug-likeness (QED) is 0.238. The Morgan fingerprint density at radius 2 is 1.36 bits per heavy atom. The fraction of sp³-hybridized carbons (Fsp3) is 0.842. The van der Waals surface area contributed by atoms with Crippen LogP contribution in [0.3, 0.4) is 0 Å². The minimum Gasteiger partial charge on any atom is -0.463 e. The first-order valence-electron chi connectivity index (χ1n) is 9.26. The van der Waals surface area contributed by atoms with Gasteiger partial charge < -0.3 is 4.74 Å². The number of carbonyl (C=O) groups excluding carboxylic acids is 1. The summed E-state index contributed by atoms with van der Waals surface area (Å²) in [6.07, 6.45) is 14.7. The summed E-state index contributed by atoms with van der Waals surface area (Å²) in [6, 6.07) is 0. The zero-order valence-electron chi connectivity index (χ0n) is 15.6. The van der Waals surface area contributed by atoms with Crippen LogP contribution in [0.25, 0.3) is 0 Å². The van der Waals surface area contributed by atoms with E-state index < -0.39 is 7.26 Å². The molecule has 0 rings (SSSR count). The summed E-state index contributed by atoms with van der Waals surface area (Å²) in [5.74, 6) is -0.0844. The van der Waals surface area contributed by atoms with E-state index in [1.807, 2.05) is 19.9 Å². The molecule has 3 heteroatoms. The van der Waals surface area contributed by atoms with Crippen molar-refractivity contribution in [1.82, 2.24) is 0 Å². The number of hydrogen-bond acceptors (Lipinski definition) is 2. The Labute approximate surface area is 139 Å². The topological polar surface area (TPSA) is 26.3 Å². The second-order valence-corrected chi connectivity index (χ2v) is 10.6. The van der Waals surface area contributed by atoms with Crippen molar-refractivity contribution in [3.8, 4) is 0 Å². The van der Waals surface area contributed by atoms with Crippen molar-refractivity contribution in [3.05, 3.63) is 11.6 Å². The minimum absolute atomic E-state index is 0.0844. The highest BCUT2D eigenvalue weighted by Gasteiger charge is 2.37. The van der Waals surface area contributed by atoms with E-state index in [4.69, 9.17) is 4.74 Å². The normalized spacial score (nSPS) is 12.5. The Morgan fingerprint density at radius 1 is 0.909 bits per heavy atom. The summed E-state index contributed by atoms with van der Waals surface area (Å²) in [5.41, 5.74) is 0.929. The van der Waals surface area contributed by atoms with E-state index in [1.54, 1.807) is 0 Å². The van der Waals surface area contributed by atoms with Crippen LogP contribution in [0.2, 0.25) is 0 Å². The molecular weight excluding hydrogens is 291 g/mol. The fourth-order valence-corrected chi connectivity index (χ4v) is 8.05. The van der Waals surface area contributed by atoms with Crippen LogP contribution < -0.4 is 0 Å². The molecule has 0 heterocycles. The molecule has 0 spiro atoms. The molecule has 0 amide bonds.